The van der Waals surface area contributed by atoms with Crippen molar-refractivity contribution in [2.45, 2.75) is 47.0 Å². The van der Waals surface area contributed by atoms with Crippen LogP contribution in [0.15, 0.2) is 30.3 Å². The smallest absolute Gasteiger partial charge is 0.330 e. The molecule has 0 atom stereocenters. The first kappa shape index (κ1) is 19.9. The summed E-state index contributed by atoms with van der Waals surface area (Å²) >= 11 is 0. The summed E-state index contributed by atoms with van der Waals surface area (Å²) in [7, 11) is 0. The summed E-state index contributed by atoms with van der Waals surface area (Å²) in [5.41, 5.74) is 1.69. The van der Waals surface area contributed by atoms with Gasteiger partial charge in [0.05, 0.1) is 5.41 Å². The molecule has 0 bridgehead atoms. The normalized spacial score (nSPS) is 11.8. The molecule has 0 heterocycles. The molecule has 1 aromatic carbocycles. The van der Waals surface area contributed by atoms with Crippen molar-refractivity contribution in [3.63, 3.8) is 0 Å². The largest absolute Gasteiger partial charge is 0.462 e. The average Bonchev–Trinajstić information content (AvgIpc) is 2.56. The molecule has 0 saturated heterocycles. The van der Waals surface area contributed by atoms with Gasteiger partial charge in [0.2, 0.25) is 0 Å². The first-order chi connectivity index (χ1) is 11.3. The molecule has 0 saturated carbocycles. The van der Waals surface area contributed by atoms with Gasteiger partial charge in [-0.1, -0.05) is 45.0 Å². The van der Waals surface area contributed by atoms with Gasteiger partial charge in [0.25, 0.3) is 0 Å². The molecular weight excluding hydrogens is 304 g/mol. The van der Waals surface area contributed by atoms with Crippen LogP contribution < -0.4 is 0 Å². The van der Waals surface area contributed by atoms with Crippen molar-refractivity contribution in [1.82, 2.24) is 0 Å². The summed E-state index contributed by atoms with van der Waals surface area (Å²) in [6.07, 6.45) is 3.78. The lowest BCUT2D eigenvalue weighted by Gasteiger charge is -2.20. The van der Waals surface area contributed by atoms with Crippen LogP contribution in [0.3, 0.4) is 0 Å². The van der Waals surface area contributed by atoms with E-state index >= 15 is 0 Å². The molecule has 0 aromatic heterocycles. The number of ether oxygens (including phenoxy) is 2. The van der Waals surface area contributed by atoms with E-state index in [2.05, 4.69) is 13.8 Å². The van der Waals surface area contributed by atoms with Crippen molar-refractivity contribution in [2.24, 2.45) is 5.41 Å². The number of esters is 2. The molecule has 0 aliphatic heterocycles. The maximum atomic E-state index is 11.7. The van der Waals surface area contributed by atoms with Crippen molar-refractivity contribution in [1.29, 1.82) is 0 Å². The molecule has 1 rings (SSSR count). The Bertz CT molecular complexity index is 568. The average molecular weight is 332 g/mol. The maximum Gasteiger partial charge on any atom is 0.330 e. The summed E-state index contributed by atoms with van der Waals surface area (Å²) in [6.45, 7) is 9.99. The molecule has 24 heavy (non-hydrogen) atoms. The molecule has 0 aliphatic carbocycles. The summed E-state index contributed by atoms with van der Waals surface area (Å²) in [4.78, 5) is 23.4. The summed E-state index contributed by atoms with van der Waals surface area (Å²) < 4.78 is 10.1. The Morgan fingerprint density at radius 1 is 1.08 bits per heavy atom. The Balaban J connectivity index is 2.35. The van der Waals surface area contributed by atoms with Gasteiger partial charge in [0, 0.05) is 6.08 Å². The van der Waals surface area contributed by atoms with E-state index < -0.39 is 11.4 Å². The number of benzene rings is 1. The van der Waals surface area contributed by atoms with Crippen molar-refractivity contribution < 1.29 is 19.1 Å². The molecule has 4 nitrogen and oxygen atoms in total. The Hall–Kier alpha value is -2.10. The van der Waals surface area contributed by atoms with Crippen molar-refractivity contribution in [3.05, 3.63) is 41.5 Å². The molecule has 0 aliphatic rings. The molecule has 1 aromatic rings. The lowest BCUT2D eigenvalue weighted by molar-refractivity contribution is -0.157. The molecule has 0 spiro atoms. The van der Waals surface area contributed by atoms with Crippen LogP contribution in [0.25, 0.3) is 6.08 Å². The van der Waals surface area contributed by atoms with Crippen LogP contribution >= 0.6 is 0 Å². The second-order valence-electron chi connectivity index (χ2n) is 6.70. The summed E-state index contributed by atoms with van der Waals surface area (Å²) in [5.74, 6) is -0.246. The van der Waals surface area contributed by atoms with Crippen molar-refractivity contribution in [2.75, 3.05) is 13.2 Å². The highest BCUT2D eigenvalue weighted by atomic mass is 16.6. The van der Waals surface area contributed by atoms with Crippen LogP contribution in [0.5, 0.6) is 0 Å². The highest BCUT2D eigenvalue weighted by Gasteiger charge is 2.26. The number of rotatable bonds is 8. The number of hydrogen-bond donors (Lipinski definition) is 0. The maximum absolute atomic E-state index is 11.7. The third-order valence-electron chi connectivity index (χ3n) is 4.01. The minimum absolute atomic E-state index is 0.0565. The minimum atomic E-state index is -0.508. The van der Waals surface area contributed by atoms with Gasteiger partial charge in [0.15, 0.2) is 0 Å². The van der Waals surface area contributed by atoms with Gasteiger partial charge in [-0.3, -0.25) is 4.79 Å². The molecule has 132 valence electrons. The molecule has 0 radical (unpaired) electrons. The lowest BCUT2D eigenvalue weighted by atomic mass is 9.91. The highest BCUT2D eigenvalue weighted by molar-refractivity contribution is 5.87. The van der Waals surface area contributed by atoms with E-state index in [1.165, 1.54) is 11.6 Å². The zero-order valence-electron chi connectivity index (χ0n) is 15.3. The summed E-state index contributed by atoms with van der Waals surface area (Å²) in [5, 5.41) is 0. The fourth-order valence-electron chi connectivity index (χ4n) is 1.82. The van der Waals surface area contributed by atoms with Gasteiger partial charge in [-0.05, 0) is 43.4 Å². The Morgan fingerprint density at radius 3 is 2.21 bits per heavy atom. The van der Waals surface area contributed by atoms with Crippen LogP contribution in [0.1, 0.15) is 58.1 Å². The Kier molecular flexibility index (Phi) is 7.69. The van der Waals surface area contributed by atoms with Gasteiger partial charge >= 0.3 is 11.9 Å². The third-order valence-corrected chi connectivity index (χ3v) is 4.01. The Morgan fingerprint density at radius 2 is 1.67 bits per heavy atom. The zero-order chi connectivity index (χ0) is 18.2. The summed E-state index contributed by atoms with van der Waals surface area (Å²) in [6, 6.07) is 8.02. The molecular formula is C20H28O4. The first-order valence-electron chi connectivity index (χ1n) is 8.38. The molecule has 0 fully saturated rings. The van der Waals surface area contributed by atoms with Gasteiger partial charge in [-0.2, -0.15) is 0 Å². The second-order valence-corrected chi connectivity index (χ2v) is 6.70. The van der Waals surface area contributed by atoms with E-state index in [4.69, 9.17) is 9.47 Å². The minimum Gasteiger partial charge on any atom is -0.462 e. The van der Waals surface area contributed by atoms with Gasteiger partial charge in [-0.15, -0.1) is 0 Å². The zero-order valence-corrected chi connectivity index (χ0v) is 15.3. The van der Waals surface area contributed by atoms with Crippen LogP contribution in [0.2, 0.25) is 0 Å². The molecule has 0 amide bonds. The number of carbonyl (C=O) groups excluding carboxylic acids is 2. The van der Waals surface area contributed by atoms with E-state index in [9.17, 15) is 9.59 Å². The SMILES string of the molecule is CCC(C)(C)C(=O)OCCOC(=O)/C=C/c1ccc(C(C)C)cc1. The fourth-order valence-corrected chi connectivity index (χ4v) is 1.82. The van der Waals surface area contributed by atoms with Crippen LogP contribution in [0.4, 0.5) is 0 Å². The van der Waals surface area contributed by atoms with Crippen LogP contribution in [-0.2, 0) is 19.1 Å². The lowest BCUT2D eigenvalue weighted by Crippen LogP contribution is -2.27. The topological polar surface area (TPSA) is 52.6 Å². The van der Waals surface area contributed by atoms with E-state index in [-0.39, 0.29) is 19.2 Å². The van der Waals surface area contributed by atoms with E-state index in [1.54, 1.807) is 6.08 Å². The predicted octanol–water partition coefficient (Wildman–Crippen LogP) is 4.35. The number of carbonyl (C=O) groups is 2. The monoisotopic (exact) mass is 332 g/mol. The van der Waals surface area contributed by atoms with Gasteiger partial charge in [-0.25, -0.2) is 4.79 Å². The molecule has 0 unspecified atom stereocenters. The van der Waals surface area contributed by atoms with Crippen molar-refractivity contribution in [3.8, 4) is 0 Å². The third kappa shape index (κ3) is 6.57. The fraction of sp³-hybridized carbons (Fsp3) is 0.500. The molecule has 0 N–H and O–H groups in total. The first-order valence-corrected chi connectivity index (χ1v) is 8.38. The van der Waals surface area contributed by atoms with E-state index in [1.807, 2.05) is 45.0 Å². The van der Waals surface area contributed by atoms with Gasteiger partial charge < -0.3 is 9.47 Å². The van der Waals surface area contributed by atoms with E-state index in [0.29, 0.717) is 12.3 Å². The highest BCUT2D eigenvalue weighted by Crippen LogP contribution is 2.21. The predicted molar refractivity (Wildman–Crippen MR) is 95.6 cm³/mol. The van der Waals surface area contributed by atoms with Crippen LogP contribution in [-0.4, -0.2) is 25.2 Å². The second kappa shape index (κ2) is 9.26. The van der Waals surface area contributed by atoms with Crippen LogP contribution in [0, 0.1) is 5.41 Å². The Labute approximate surface area is 144 Å². The standard InChI is InChI=1S/C20H28O4/c1-6-20(4,5)19(22)24-14-13-23-18(21)12-9-16-7-10-17(11-8-16)15(2)3/h7-12,15H,6,13-14H2,1-5H3/b12-9+. The number of hydrogen-bond acceptors (Lipinski definition) is 4. The quantitative estimate of drug-likeness (QED) is 0.403. The van der Waals surface area contributed by atoms with Crippen molar-refractivity contribution >= 4 is 18.0 Å². The molecule has 4 heteroatoms. The van der Waals surface area contributed by atoms with E-state index in [0.717, 1.165) is 5.56 Å². The van der Waals surface area contributed by atoms with Gasteiger partial charge in [0.1, 0.15) is 13.2 Å².